The van der Waals surface area contributed by atoms with E-state index in [1.165, 1.54) is 18.2 Å². The molecule has 0 spiro atoms. The van der Waals surface area contributed by atoms with Crippen molar-refractivity contribution in [3.63, 3.8) is 0 Å². The Hall–Kier alpha value is -2.33. The standard InChI is InChI=1S/C19H19ClFNO2/c20-16-8-10-17(11-9-16)24-14-4-3-13-22-19(23)12-7-15-5-1-2-6-18(15)21/h1-2,5-12H,3-4,13-14H2,(H,22,23). The average Bonchev–Trinajstić information content (AvgIpc) is 2.59. The SMILES string of the molecule is O=C(C=Cc1ccccc1F)NCCCCOc1ccc(Cl)cc1. The average molecular weight is 348 g/mol. The summed E-state index contributed by atoms with van der Waals surface area (Å²) in [6, 6.07) is 13.5. The summed E-state index contributed by atoms with van der Waals surface area (Å²) >= 11 is 5.80. The molecule has 0 aliphatic carbocycles. The fourth-order valence-electron chi connectivity index (χ4n) is 1.99. The molecule has 0 aliphatic heterocycles. The number of hydrogen-bond acceptors (Lipinski definition) is 2. The van der Waals surface area contributed by atoms with Crippen LogP contribution in [0.5, 0.6) is 5.75 Å². The summed E-state index contributed by atoms with van der Waals surface area (Å²) in [4.78, 5) is 11.6. The van der Waals surface area contributed by atoms with Crippen LogP contribution in [0.1, 0.15) is 18.4 Å². The molecule has 0 saturated heterocycles. The van der Waals surface area contributed by atoms with Crippen molar-refractivity contribution in [2.24, 2.45) is 0 Å². The molecule has 0 bridgehead atoms. The number of carbonyl (C=O) groups is 1. The predicted molar refractivity (Wildman–Crippen MR) is 94.6 cm³/mol. The van der Waals surface area contributed by atoms with Crippen molar-refractivity contribution in [2.75, 3.05) is 13.2 Å². The molecule has 24 heavy (non-hydrogen) atoms. The second kappa shape index (κ2) is 9.73. The van der Waals surface area contributed by atoms with Crippen molar-refractivity contribution in [1.29, 1.82) is 0 Å². The maximum atomic E-state index is 13.4. The Morgan fingerprint density at radius 3 is 2.62 bits per heavy atom. The van der Waals surface area contributed by atoms with E-state index in [1.807, 2.05) is 12.1 Å². The molecule has 2 rings (SSSR count). The lowest BCUT2D eigenvalue weighted by molar-refractivity contribution is -0.116. The first-order valence-electron chi connectivity index (χ1n) is 7.74. The van der Waals surface area contributed by atoms with Crippen molar-refractivity contribution in [3.8, 4) is 5.75 Å². The second-order valence-electron chi connectivity index (χ2n) is 5.16. The van der Waals surface area contributed by atoms with Crippen molar-refractivity contribution in [2.45, 2.75) is 12.8 Å². The number of rotatable bonds is 8. The molecule has 3 nitrogen and oxygen atoms in total. The third-order valence-electron chi connectivity index (χ3n) is 3.27. The van der Waals surface area contributed by atoms with Gasteiger partial charge in [-0.05, 0) is 49.2 Å². The lowest BCUT2D eigenvalue weighted by atomic mass is 10.2. The lowest BCUT2D eigenvalue weighted by Crippen LogP contribution is -2.22. The number of nitrogens with one attached hydrogen (secondary N) is 1. The summed E-state index contributed by atoms with van der Waals surface area (Å²) in [5.74, 6) is 0.189. The van der Waals surface area contributed by atoms with E-state index >= 15 is 0 Å². The van der Waals surface area contributed by atoms with Gasteiger partial charge < -0.3 is 10.1 Å². The van der Waals surface area contributed by atoms with Crippen molar-refractivity contribution < 1.29 is 13.9 Å². The Bertz CT molecular complexity index is 686. The van der Waals surface area contributed by atoms with Crippen LogP contribution in [0.25, 0.3) is 6.08 Å². The third-order valence-corrected chi connectivity index (χ3v) is 3.52. The molecule has 0 saturated carbocycles. The summed E-state index contributed by atoms with van der Waals surface area (Å²) in [7, 11) is 0. The first-order valence-corrected chi connectivity index (χ1v) is 8.12. The lowest BCUT2D eigenvalue weighted by Gasteiger charge is -2.06. The van der Waals surface area contributed by atoms with Gasteiger partial charge in [0.05, 0.1) is 6.61 Å². The molecule has 0 aromatic heterocycles. The maximum Gasteiger partial charge on any atom is 0.244 e. The zero-order valence-electron chi connectivity index (χ0n) is 13.2. The van der Waals surface area contributed by atoms with Crippen LogP contribution >= 0.6 is 11.6 Å². The van der Waals surface area contributed by atoms with Crippen LogP contribution < -0.4 is 10.1 Å². The largest absolute Gasteiger partial charge is 0.494 e. The molecule has 0 unspecified atom stereocenters. The van der Waals surface area contributed by atoms with Crippen molar-refractivity contribution in [3.05, 3.63) is 71.0 Å². The van der Waals surface area contributed by atoms with Crippen LogP contribution in [0.3, 0.4) is 0 Å². The zero-order chi connectivity index (χ0) is 17.2. The molecule has 2 aromatic carbocycles. The highest BCUT2D eigenvalue weighted by molar-refractivity contribution is 6.30. The molecule has 126 valence electrons. The van der Waals surface area contributed by atoms with E-state index < -0.39 is 0 Å². The van der Waals surface area contributed by atoms with Crippen molar-refractivity contribution in [1.82, 2.24) is 5.32 Å². The summed E-state index contributed by atoms with van der Waals surface area (Å²) in [6.45, 7) is 1.12. The molecule has 0 aliphatic rings. The Morgan fingerprint density at radius 2 is 1.88 bits per heavy atom. The third kappa shape index (κ3) is 6.42. The smallest absolute Gasteiger partial charge is 0.244 e. The summed E-state index contributed by atoms with van der Waals surface area (Å²) < 4.78 is 18.9. The first-order chi connectivity index (χ1) is 11.6. The van der Waals surface area contributed by atoms with Gasteiger partial charge in [0.1, 0.15) is 11.6 Å². The molecule has 0 fully saturated rings. The van der Waals surface area contributed by atoms with Crippen LogP contribution in [0.15, 0.2) is 54.6 Å². The van der Waals surface area contributed by atoms with Crippen LogP contribution in [-0.4, -0.2) is 19.1 Å². The quantitative estimate of drug-likeness (QED) is 0.565. The molecule has 1 N–H and O–H groups in total. The highest BCUT2D eigenvalue weighted by Gasteiger charge is 1.99. The number of amides is 1. The van der Waals surface area contributed by atoms with E-state index in [-0.39, 0.29) is 11.7 Å². The number of ether oxygens (including phenoxy) is 1. The molecule has 0 atom stereocenters. The van der Waals surface area contributed by atoms with Gasteiger partial charge in [-0.15, -0.1) is 0 Å². The minimum Gasteiger partial charge on any atom is -0.494 e. The minimum absolute atomic E-state index is 0.239. The summed E-state index contributed by atoms with van der Waals surface area (Å²) in [5.41, 5.74) is 0.393. The normalized spacial score (nSPS) is 10.8. The van der Waals surface area contributed by atoms with Gasteiger partial charge in [0, 0.05) is 23.2 Å². The van der Waals surface area contributed by atoms with Gasteiger partial charge in [-0.3, -0.25) is 4.79 Å². The Labute approximate surface area is 146 Å². The van der Waals surface area contributed by atoms with Crippen LogP contribution in [0, 0.1) is 5.82 Å². The van der Waals surface area contributed by atoms with E-state index in [9.17, 15) is 9.18 Å². The zero-order valence-corrected chi connectivity index (χ0v) is 13.9. The molecule has 0 radical (unpaired) electrons. The molecule has 1 amide bonds. The first kappa shape index (κ1) is 18.0. The van der Waals surface area contributed by atoms with Gasteiger partial charge in [-0.2, -0.15) is 0 Å². The van der Waals surface area contributed by atoms with Gasteiger partial charge in [0.25, 0.3) is 0 Å². The van der Waals surface area contributed by atoms with E-state index in [4.69, 9.17) is 16.3 Å². The van der Waals surface area contributed by atoms with E-state index in [0.717, 1.165) is 18.6 Å². The van der Waals surface area contributed by atoms with Gasteiger partial charge in [-0.1, -0.05) is 29.8 Å². The number of hydrogen-bond donors (Lipinski definition) is 1. The number of benzene rings is 2. The van der Waals surface area contributed by atoms with Crippen LogP contribution in [-0.2, 0) is 4.79 Å². The van der Waals surface area contributed by atoms with Crippen molar-refractivity contribution >= 4 is 23.6 Å². The number of unbranched alkanes of at least 4 members (excludes halogenated alkanes) is 1. The van der Waals surface area contributed by atoms with Gasteiger partial charge in [0.15, 0.2) is 0 Å². The van der Waals surface area contributed by atoms with E-state index in [2.05, 4.69) is 5.32 Å². The molecular weight excluding hydrogens is 329 g/mol. The molecular formula is C19H19ClFNO2. The van der Waals surface area contributed by atoms with Gasteiger partial charge in [0.2, 0.25) is 5.91 Å². The minimum atomic E-state index is -0.346. The Kier molecular flexibility index (Phi) is 7.30. The molecule has 0 heterocycles. The maximum absolute atomic E-state index is 13.4. The monoisotopic (exact) mass is 347 g/mol. The Morgan fingerprint density at radius 1 is 1.12 bits per heavy atom. The predicted octanol–water partition coefficient (Wildman–Crippen LogP) is 4.47. The van der Waals surface area contributed by atoms with Gasteiger partial charge >= 0.3 is 0 Å². The highest BCUT2D eigenvalue weighted by Crippen LogP contribution is 2.15. The summed E-state index contributed by atoms with van der Waals surface area (Å²) in [5, 5.41) is 3.43. The van der Waals surface area contributed by atoms with E-state index in [1.54, 1.807) is 30.3 Å². The van der Waals surface area contributed by atoms with Crippen LogP contribution in [0.2, 0.25) is 5.02 Å². The topological polar surface area (TPSA) is 38.3 Å². The fourth-order valence-corrected chi connectivity index (χ4v) is 2.12. The number of halogens is 2. The molecule has 2 aromatic rings. The molecule has 5 heteroatoms. The van der Waals surface area contributed by atoms with E-state index in [0.29, 0.717) is 23.7 Å². The highest BCUT2D eigenvalue weighted by atomic mass is 35.5. The van der Waals surface area contributed by atoms with Gasteiger partial charge in [-0.25, -0.2) is 4.39 Å². The Balaban J connectivity index is 1.59. The summed E-state index contributed by atoms with van der Waals surface area (Å²) in [6.07, 6.45) is 4.42. The van der Waals surface area contributed by atoms with Crippen LogP contribution in [0.4, 0.5) is 4.39 Å². The fraction of sp³-hybridized carbons (Fsp3) is 0.211. The second-order valence-corrected chi connectivity index (χ2v) is 5.59. The number of carbonyl (C=O) groups excluding carboxylic acids is 1.